The molecule has 0 amide bonds. The molecule has 1 heterocycles. The van der Waals surface area contributed by atoms with Crippen molar-refractivity contribution in [1.82, 2.24) is 10.2 Å². The van der Waals surface area contributed by atoms with Crippen LogP contribution in [-0.2, 0) is 4.79 Å². The van der Waals surface area contributed by atoms with Crippen LogP contribution in [-0.4, -0.2) is 21.1 Å². The molecule has 0 bridgehead atoms. The molecule has 0 saturated carbocycles. The molecule has 0 saturated heterocycles. The number of aryl methyl sites for hydroxylation is 2. The quantitative estimate of drug-likeness (QED) is 0.714. The highest BCUT2D eigenvalue weighted by molar-refractivity contribution is 8.13. The molecule has 1 rings (SSSR count). The monoisotopic (exact) mass is 208 g/mol. The predicted octanol–water partition coefficient (Wildman–Crippen LogP) is 1.66. The van der Waals surface area contributed by atoms with Gasteiger partial charge >= 0.3 is 0 Å². The van der Waals surface area contributed by atoms with Crippen LogP contribution in [0.25, 0.3) is 0 Å². The fraction of sp³-hybridized carbons (Fsp3) is 0.400. The van der Waals surface area contributed by atoms with Gasteiger partial charge in [-0.05, 0) is 13.8 Å². The van der Waals surface area contributed by atoms with E-state index in [-0.39, 0.29) is 5.12 Å². The Kier molecular flexibility index (Phi) is 3.78. The average Bonchev–Trinajstić information content (AvgIpc) is 2.42. The van der Waals surface area contributed by atoms with Gasteiger partial charge in [0.2, 0.25) is 0 Å². The summed E-state index contributed by atoms with van der Waals surface area (Å²) in [6, 6.07) is 0. The Bertz CT molecular complexity index is 378. The second-order valence-electron chi connectivity index (χ2n) is 2.89. The van der Waals surface area contributed by atoms with Gasteiger partial charge in [-0.25, -0.2) is 0 Å². The van der Waals surface area contributed by atoms with Gasteiger partial charge in [-0.1, -0.05) is 23.6 Å². The number of aromatic nitrogens is 2. The lowest BCUT2D eigenvalue weighted by Gasteiger charge is -1.87. The molecule has 0 aromatic carbocycles. The Morgan fingerprint density at radius 3 is 2.79 bits per heavy atom. The van der Waals surface area contributed by atoms with E-state index in [0.717, 1.165) is 17.0 Å². The molecule has 1 aromatic heterocycles. The van der Waals surface area contributed by atoms with Gasteiger partial charge in [-0.2, -0.15) is 5.10 Å². The third-order valence-corrected chi connectivity index (χ3v) is 2.38. The molecule has 74 valence electrons. The first-order valence-corrected chi connectivity index (χ1v) is 5.23. The van der Waals surface area contributed by atoms with Crippen LogP contribution >= 0.6 is 11.8 Å². The van der Waals surface area contributed by atoms with Crippen LogP contribution < -0.4 is 0 Å². The van der Waals surface area contributed by atoms with Crippen LogP contribution in [0.2, 0.25) is 0 Å². The third kappa shape index (κ3) is 2.93. The van der Waals surface area contributed by atoms with Crippen LogP contribution in [0.5, 0.6) is 0 Å². The Balaban J connectivity index is 2.63. The number of carbonyl (C=O) groups is 1. The van der Waals surface area contributed by atoms with E-state index in [4.69, 9.17) is 0 Å². The van der Waals surface area contributed by atoms with Gasteiger partial charge in [0.25, 0.3) is 0 Å². The SMILES string of the molecule is CC(=O)SCC#Cc1c(C)n[nH]c1C. The standard InChI is InChI=1S/C10H12N2OS/c1-7-10(8(2)12-11-7)5-4-6-14-9(3)13/h6H2,1-3H3,(H,11,12). The normalized spacial score (nSPS) is 9.36. The predicted molar refractivity (Wildman–Crippen MR) is 58.1 cm³/mol. The van der Waals surface area contributed by atoms with Gasteiger partial charge in [-0.15, -0.1) is 0 Å². The van der Waals surface area contributed by atoms with Gasteiger partial charge in [0, 0.05) is 12.6 Å². The molecule has 0 fully saturated rings. The van der Waals surface area contributed by atoms with Crippen molar-refractivity contribution in [1.29, 1.82) is 0 Å². The molecular weight excluding hydrogens is 196 g/mol. The van der Waals surface area contributed by atoms with Crippen molar-refractivity contribution in [2.24, 2.45) is 0 Å². The van der Waals surface area contributed by atoms with Crippen molar-refractivity contribution < 1.29 is 4.79 Å². The number of H-pyrrole nitrogens is 1. The minimum Gasteiger partial charge on any atom is -0.288 e. The first-order valence-electron chi connectivity index (χ1n) is 4.25. The highest BCUT2D eigenvalue weighted by Gasteiger charge is 2.01. The van der Waals surface area contributed by atoms with E-state index in [0.29, 0.717) is 5.75 Å². The smallest absolute Gasteiger partial charge is 0.186 e. The molecule has 0 unspecified atom stereocenters. The van der Waals surface area contributed by atoms with E-state index in [1.54, 1.807) is 6.92 Å². The molecule has 0 aliphatic heterocycles. The first kappa shape index (κ1) is 10.9. The highest BCUT2D eigenvalue weighted by atomic mass is 32.2. The summed E-state index contributed by atoms with van der Waals surface area (Å²) in [6.07, 6.45) is 0. The molecular formula is C10H12N2OS. The molecule has 1 aromatic rings. The van der Waals surface area contributed by atoms with Crippen LogP contribution in [0.3, 0.4) is 0 Å². The minimum absolute atomic E-state index is 0.0972. The van der Waals surface area contributed by atoms with Gasteiger partial charge in [0.05, 0.1) is 17.0 Å². The van der Waals surface area contributed by atoms with Gasteiger partial charge < -0.3 is 0 Å². The Hall–Kier alpha value is -1.21. The van der Waals surface area contributed by atoms with Crippen LogP contribution in [0, 0.1) is 25.7 Å². The van der Waals surface area contributed by atoms with Gasteiger partial charge in [-0.3, -0.25) is 9.89 Å². The Morgan fingerprint density at radius 2 is 2.29 bits per heavy atom. The molecule has 3 nitrogen and oxygen atoms in total. The van der Waals surface area contributed by atoms with Crippen molar-refractivity contribution in [3.8, 4) is 11.8 Å². The van der Waals surface area contributed by atoms with Crippen molar-refractivity contribution in [3.05, 3.63) is 17.0 Å². The van der Waals surface area contributed by atoms with E-state index in [2.05, 4.69) is 22.0 Å². The fourth-order valence-electron chi connectivity index (χ4n) is 0.997. The summed E-state index contributed by atoms with van der Waals surface area (Å²) in [6.45, 7) is 5.38. The van der Waals surface area contributed by atoms with E-state index >= 15 is 0 Å². The summed E-state index contributed by atoms with van der Waals surface area (Å²) in [5, 5.41) is 6.99. The zero-order valence-electron chi connectivity index (χ0n) is 8.47. The summed E-state index contributed by atoms with van der Waals surface area (Å²) >= 11 is 1.22. The maximum Gasteiger partial charge on any atom is 0.186 e. The maximum atomic E-state index is 10.6. The van der Waals surface area contributed by atoms with Crippen molar-refractivity contribution in [2.75, 3.05) is 5.75 Å². The third-order valence-electron chi connectivity index (χ3n) is 1.69. The number of rotatable bonds is 1. The molecule has 0 atom stereocenters. The zero-order valence-corrected chi connectivity index (χ0v) is 9.29. The molecule has 0 aliphatic rings. The largest absolute Gasteiger partial charge is 0.288 e. The number of hydrogen-bond donors (Lipinski definition) is 1. The number of aromatic amines is 1. The topological polar surface area (TPSA) is 45.8 Å². The summed E-state index contributed by atoms with van der Waals surface area (Å²) in [5.41, 5.74) is 2.82. The van der Waals surface area contributed by atoms with Crippen LogP contribution in [0.15, 0.2) is 0 Å². The summed E-state index contributed by atoms with van der Waals surface area (Å²) in [4.78, 5) is 10.6. The summed E-state index contributed by atoms with van der Waals surface area (Å²) in [7, 11) is 0. The summed E-state index contributed by atoms with van der Waals surface area (Å²) in [5.74, 6) is 6.47. The molecule has 4 heteroatoms. The van der Waals surface area contributed by atoms with E-state index in [1.807, 2.05) is 13.8 Å². The number of nitrogens with one attached hydrogen (secondary N) is 1. The fourth-order valence-corrected chi connectivity index (χ4v) is 1.34. The second kappa shape index (κ2) is 4.87. The van der Waals surface area contributed by atoms with E-state index in [9.17, 15) is 4.79 Å². The maximum absolute atomic E-state index is 10.6. The zero-order chi connectivity index (χ0) is 10.6. The van der Waals surface area contributed by atoms with Crippen LogP contribution in [0.4, 0.5) is 0 Å². The number of thioether (sulfide) groups is 1. The first-order chi connectivity index (χ1) is 6.61. The Labute approximate surface area is 87.7 Å². The molecule has 14 heavy (non-hydrogen) atoms. The Morgan fingerprint density at radius 1 is 1.57 bits per heavy atom. The molecule has 0 radical (unpaired) electrons. The van der Waals surface area contributed by atoms with Gasteiger partial charge in [0.1, 0.15) is 0 Å². The van der Waals surface area contributed by atoms with E-state index < -0.39 is 0 Å². The van der Waals surface area contributed by atoms with Crippen molar-refractivity contribution in [3.63, 3.8) is 0 Å². The number of carbonyl (C=O) groups excluding carboxylic acids is 1. The number of hydrogen-bond acceptors (Lipinski definition) is 3. The van der Waals surface area contributed by atoms with Crippen molar-refractivity contribution >= 4 is 16.9 Å². The minimum atomic E-state index is 0.0972. The lowest BCUT2D eigenvalue weighted by molar-refractivity contribution is -0.109. The average molecular weight is 208 g/mol. The molecule has 0 spiro atoms. The number of nitrogens with zero attached hydrogens (tertiary/aromatic N) is 1. The van der Waals surface area contributed by atoms with E-state index in [1.165, 1.54) is 11.8 Å². The van der Waals surface area contributed by atoms with Gasteiger partial charge in [0.15, 0.2) is 5.12 Å². The lowest BCUT2D eigenvalue weighted by atomic mass is 10.2. The highest BCUT2D eigenvalue weighted by Crippen LogP contribution is 2.07. The lowest BCUT2D eigenvalue weighted by Crippen LogP contribution is -1.83. The van der Waals surface area contributed by atoms with Crippen LogP contribution in [0.1, 0.15) is 23.9 Å². The second-order valence-corrected chi connectivity index (χ2v) is 4.04. The molecule has 0 aliphatic carbocycles. The summed E-state index contributed by atoms with van der Waals surface area (Å²) < 4.78 is 0. The van der Waals surface area contributed by atoms with Crippen molar-refractivity contribution in [2.45, 2.75) is 20.8 Å². The molecule has 1 N–H and O–H groups in total.